The zero-order valence-electron chi connectivity index (χ0n) is 8.60. The third-order valence-electron chi connectivity index (χ3n) is 2.24. The summed E-state index contributed by atoms with van der Waals surface area (Å²) in [6.45, 7) is 0. The van der Waals surface area contributed by atoms with Gasteiger partial charge in [-0.15, -0.1) is 0 Å². The summed E-state index contributed by atoms with van der Waals surface area (Å²) in [6.07, 6.45) is 1.87. The summed E-state index contributed by atoms with van der Waals surface area (Å²) in [5, 5.41) is 9.84. The second-order valence-corrected chi connectivity index (χ2v) is 3.86. The molecule has 0 aromatic heterocycles. The van der Waals surface area contributed by atoms with Gasteiger partial charge in [0.1, 0.15) is 5.75 Å². The third-order valence-corrected chi connectivity index (χ3v) is 2.56. The molecule has 0 radical (unpaired) electrons. The van der Waals surface area contributed by atoms with Crippen LogP contribution in [0.3, 0.4) is 0 Å². The molecule has 1 nitrogen and oxygen atoms in total. The highest BCUT2D eigenvalue weighted by Gasteiger charge is 1.97. The van der Waals surface area contributed by atoms with Gasteiger partial charge in [-0.25, -0.2) is 0 Å². The Morgan fingerprint density at radius 1 is 0.938 bits per heavy atom. The van der Waals surface area contributed by atoms with Crippen LogP contribution in [0.2, 0.25) is 0 Å². The van der Waals surface area contributed by atoms with Crippen molar-refractivity contribution in [3.05, 3.63) is 65.7 Å². The first-order chi connectivity index (χ1) is 7.75. The highest BCUT2D eigenvalue weighted by molar-refractivity contribution is 6.51. The second kappa shape index (κ2) is 4.86. The minimum absolute atomic E-state index is 0.257. The van der Waals surface area contributed by atoms with E-state index >= 15 is 0 Å². The van der Waals surface area contributed by atoms with Gasteiger partial charge in [0.15, 0.2) is 0 Å². The van der Waals surface area contributed by atoms with Crippen LogP contribution < -0.4 is 0 Å². The molecule has 0 aliphatic rings. The molecule has 2 heteroatoms. The molecule has 2 aromatic rings. The fraction of sp³-hybridized carbons (Fsp3) is 0. The molecule has 2 aromatic carbocycles. The van der Waals surface area contributed by atoms with Crippen LogP contribution in [0.5, 0.6) is 5.75 Å². The molecule has 0 bridgehead atoms. The first-order valence-electron chi connectivity index (χ1n) is 4.97. The monoisotopic (exact) mass is 230 g/mol. The number of benzene rings is 2. The topological polar surface area (TPSA) is 20.2 Å². The van der Waals surface area contributed by atoms with Crippen LogP contribution in [0.25, 0.3) is 11.1 Å². The van der Waals surface area contributed by atoms with Crippen LogP contribution in [0.4, 0.5) is 0 Å². The minimum atomic E-state index is 0.257. The van der Waals surface area contributed by atoms with Crippen molar-refractivity contribution in [2.24, 2.45) is 0 Å². The fourth-order valence-corrected chi connectivity index (χ4v) is 1.65. The normalized spacial score (nSPS) is 11.4. The lowest BCUT2D eigenvalue weighted by Gasteiger charge is -1.99. The number of aromatic hydroxyl groups is 1. The SMILES string of the molecule is Oc1ccc(/C=C(\Cl)c2ccccc2)cc1. The standard InChI is InChI=1S/C14H11ClO/c15-14(12-4-2-1-3-5-12)10-11-6-8-13(16)9-7-11/h1-10,16H/b14-10-. The molecule has 0 amide bonds. The first kappa shape index (κ1) is 10.8. The lowest BCUT2D eigenvalue weighted by molar-refractivity contribution is 0.475. The molecule has 0 atom stereocenters. The van der Waals surface area contributed by atoms with Gasteiger partial charge in [0.25, 0.3) is 0 Å². The summed E-state index contributed by atoms with van der Waals surface area (Å²) in [4.78, 5) is 0. The van der Waals surface area contributed by atoms with Crippen LogP contribution in [-0.4, -0.2) is 5.11 Å². The van der Waals surface area contributed by atoms with E-state index in [0.29, 0.717) is 5.03 Å². The summed E-state index contributed by atoms with van der Waals surface area (Å²) in [5.74, 6) is 0.257. The van der Waals surface area contributed by atoms with Gasteiger partial charge < -0.3 is 5.11 Å². The Kier molecular flexibility index (Phi) is 3.28. The molecular formula is C14H11ClO. The van der Waals surface area contributed by atoms with Gasteiger partial charge >= 0.3 is 0 Å². The Bertz CT molecular complexity index is 486. The Balaban J connectivity index is 2.28. The number of hydrogen-bond acceptors (Lipinski definition) is 1. The number of halogens is 1. The molecule has 0 fully saturated rings. The van der Waals surface area contributed by atoms with E-state index in [1.807, 2.05) is 48.5 Å². The van der Waals surface area contributed by atoms with Crippen LogP contribution in [0.1, 0.15) is 11.1 Å². The molecule has 16 heavy (non-hydrogen) atoms. The minimum Gasteiger partial charge on any atom is -0.508 e. The van der Waals surface area contributed by atoms with Gasteiger partial charge in [0.2, 0.25) is 0 Å². The van der Waals surface area contributed by atoms with Crippen molar-refractivity contribution < 1.29 is 5.11 Å². The Morgan fingerprint density at radius 2 is 1.56 bits per heavy atom. The predicted octanol–water partition coefficient (Wildman–Crippen LogP) is 4.13. The van der Waals surface area contributed by atoms with E-state index in [0.717, 1.165) is 11.1 Å². The van der Waals surface area contributed by atoms with E-state index < -0.39 is 0 Å². The Morgan fingerprint density at radius 3 is 2.19 bits per heavy atom. The van der Waals surface area contributed by atoms with E-state index in [9.17, 15) is 0 Å². The van der Waals surface area contributed by atoms with E-state index in [2.05, 4.69) is 0 Å². The summed E-state index contributed by atoms with van der Waals surface area (Å²) >= 11 is 6.18. The molecular weight excluding hydrogens is 220 g/mol. The largest absolute Gasteiger partial charge is 0.508 e. The van der Waals surface area contributed by atoms with Crippen molar-refractivity contribution in [3.8, 4) is 5.75 Å². The summed E-state index contributed by atoms with van der Waals surface area (Å²) < 4.78 is 0. The van der Waals surface area contributed by atoms with Gasteiger partial charge in [0.05, 0.1) is 0 Å². The molecule has 0 saturated heterocycles. The maximum atomic E-state index is 9.15. The number of phenols is 1. The summed E-state index contributed by atoms with van der Waals surface area (Å²) in [6, 6.07) is 16.7. The van der Waals surface area contributed by atoms with Crippen molar-refractivity contribution in [1.82, 2.24) is 0 Å². The highest BCUT2D eigenvalue weighted by Crippen LogP contribution is 2.22. The molecule has 0 aliphatic heterocycles. The average Bonchev–Trinajstić information content (AvgIpc) is 2.33. The van der Waals surface area contributed by atoms with Crippen LogP contribution in [0.15, 0.2) is 54.6 Å². The summed E-state index contributed by atoms with van der Waals surface area (Å²) in [7, 11) is 0. The number of rotatable bonds is 2. The van der Waals surface area contributed by atoms with Crippen molar-refractivity contribution in [2.75, 3.05) is 0 Å². The van der Waals surface area contributed by atoms with Crippen molar-refractivity contribution in [1.29, 1.82) is 0 Å². The predicted molar refractivity (Wildman–Crippen MR) is 68.3 cm³/mol. The second-order valence-electron chi connectivity index (χ2n) is 3.45. The van der Waals surface area contributed by atoms with Crippen LogP contribution in [-0.2, 0) is 0 Å². The molecule has 0 aliphatic carbocycles. The lowest BCUT2D eigenvalue weighted by Crippen LogP contribution is -1.76. The average molecular weight is 231 g/mol. The molecule has 0 unspecified atom stereocenters. The van der Waals surface area contributed by atoms with Crippen LogP contribution >= 0.6 is 11.6 Å². The Hall–Kier alpha value is -1.73. The van der Waals surface area contributed by atoms with Gasteiger partial charge in [-0.1, -0.05) is 54.1 Å². The smallest absolute Gasteiger partial charge is 0.115 e. The lowest BCUT2D eigenvalue weighted by atomic mass is 10.1. The zero-order valence-corrected chi connectivity index (χ0v) is 9.35. The Labute approximate surface area is 99.6 Å². The third kappa shape index (κ3) is 2.65. The fourth-order valence-electron chi connectivity index (χ4n) is 1.40. The van der Waals surface area contributed by atoms with Gasteiger partial charge in [-0.05, 0) is 29.3 Å². The van der Waals surface area contributed by atoms with E-state index in [1.54, 1.807) is 12.1 Å². The van der Waals surface area contributed by atoms with Crippen molar-refractivity contribution >= 4 is 22.7 Å². The van der Waals surface area contributed by atoms with E-state index in [1.165, 1.54) is 0 Å². The van der Waals surface area contributed by atoms with Gasteiger partial charge in [-0.3, -0.25) is 0 Å². The number of phenolic OH excluding ortho intramolecular Hbond substituents is 1. The van der Waals surface area contributed by atoms with E-state index in [4.69, 9.17) is 16.7 Å². The van der Waals surface area contributed by atoms with Crippen molar-refractivity contribution in [3.63, 3.8) is 0 Å². The van der Waals surface area contributed by atoms with E-state index in [-0.39, 0.29) is 5.75 Å². The zero-order chi connectivity index (χ0) is 11.4. The highest BCUT2D eigenvalue weighted by atomic mass is 35.5. The summed E-state index contributed by atoms with van der Waals surface area (Å²) in [5.41, 5.74) is 1.95. The first-order valence-corrected chi connectivity index (χ1v) is 5.35. The van der Waals surface area contributed by atoms with Gasteiger partial charge in [0, 0.05) is 5.03 Å². The van der Waals surface area contributed by atoms with Crippen molar-refractivity contribution in [2.45, 2.75) is 0 Å². The molecule has 0 heterocycles. The maximum absolute atomic E-state index is 9.15. The maximum Gasteiger partial charge on any atom is 0.115 e. The molecule has 1 N–H and O–H groups in total. The quantitative estimate of drug-likeness (QED) is 0.770. The van der Waals surface area contributed by atoms with Crippen LogP contribution in [0, 0.1) is 0 Å². The molecule has 0 saturated carbocycles. The molecule has 2 rings (SSSR count). The molecule has 80 valence electrons. The van der Waals surface area contributed by atoms with Gasteiger partial charge in [-0.2, -0.15) is 0 Å². The number of hydrogen-bond donors (Lipinski definition) is 1. The molecule has 0 spiro atoms.